The maximum atomic E-state index is 11.7. The molecule has 0 aromatic rings. The molecule has 1 rings (SSSR count). The summed E-state index contributed by atoms with van der Waals surface area (Å²) in [6, 6.07) is 0. The molecule has 0 unspecified atom stereocenters. The monoisotopic (exact) mass is 255 g/mol. The number of carbonyl (C=O) groups excluding carboxylic acids is 1. The van der Waals surface area contributed by atoms with E-state index in [2.05, 4.69) is 26.2 Å². The second-order valence-corrected chi connectivity index (χ2v) is 6.13. The van der Waals surface area contributed by atoms with Crippen molar-refractivity contribution in [3.05, 3.63) is 11.0 Å². The van der Waals surface area contributed by atoms with Gasteiger partial charge in [0.1, 0.15) is 0 Å². The van der Waals surface area contributed by atoms with Crippen molar-refractivity contribution < 1.29 is 4.79 Å². The molecule has 0 N–H and O–H groups in total. The summed E-state index contributed by atoms with van der Waals surface area (Å²) < 4.78 is 0. The summed E-state index contributed by atoms with van der Waals surface area (Å²) in [5.74, 6) is 1.97. The van der Waals surface area contributed by atoms with Crippen molar-refractivity contribution >= 4 is 17.7 Å². The standard InChI is InChI=1S/C14H25NOS/c1-4-5-6-7-8-17-11-13-10-15(14(13)16)9-12(2)3/h11-12H,4-10H2,1-3H3. The van der Waals surface area contributed by atoms with E-state index in [1.54, 1.807) is 11.8 Å². The van der Waals surface area contributed by atoms with Crippen LogP contribution in [0.3, 0.4) is 0 Å². The van der Waals surface area contributed by atoms with E-state index in [1.807, 2.05) is 4.90 Å². The quantitative estimate of drug-likeness (QED) is 0.374. The average Bonchev–Trinajstić information content (AvgIpc) is 2.30. The van der Waals surface area contributed by atoms with Gasteiger partial charge in [0.15, 0.2) is 0 Å². The molecule has 17 heavy (non-hydrogen) atoms. The van der Waals surface area contributed by atoms with Crippen molar-refractivity contribution in [2.45, 2.75) is 46.5 Å². The number of likely N-dealkylation sites (tertiary alicyclic amines) is 1. The first-order valence-electron chi connectivity index (χ1n) is 6.75. The lowest BCUT2D eigenvalue weighted by Crippen LogP contribution is -2.47. The molecular weight excluding hydrogens is 230 g/mol. The van der Waals surface area contributed by atoms with Gasteiger partial charge < -0.3 is 4.90 Å². The van der Waals surface area contributed by atoms with Crippen LogP contribution in [-0.4, -0.2) is 29.6 Å². The summed E-state index contributed by atoms with van der Waals surface area (Å²) >= 11 is 1.80. The first-order valence-corrected chi connectivity index (χ1v) is 7.80. The molecule has 1 aliphatic rings. The smallest absolute Gasteiger partial charge is 0.252 e. The highest BCUT2D eigenvalue weighted by molar-refractivity contribution is 8.02. The zero-order valence-corrected chi connectivity index (χ0v) is 12.2. The molecule has 3 heteroatoms. The lowest BCUT2D eigenvalue weighted by atomic mass is 10.1. The van der Waals surface area contributed by atoms with Crippen LogP contribution in [0.4, 0.5) is 0 Å². The fourth-order valence-electron chi connectivity index (χ4n) is 1.90. The van der Waals surface area contributed by atoms with Gasteiger partial charge >= 0.3 is 0 Å². The number of thioether (sulfide) groups is 1. The number of nitrogens with zero attached hydrogens (tertiary/aromatic N) is 1. The highest BCUT2D eigenvalue weighted by Crippen LogP contribution is 2.22. The Bertz CT molecular complexity index is 273. The summed E-state index contributed by atoms with van der Waals surface area (Å²) in [6.45, 7) is 8.29. The van der Waals surface area contributed by atoms with E-state index in [1.165, 1.54) is 25.7 Å². The van der Waals surface area contributed by atoms with E-state index in [0.717, 1.165) is 24.4 Å². The maximum Gasteiger partial charge on any atom is 0.252 e. The molecule has 0 saturated carbocycles. The van der Waals surface area contributed by atoms with Gasteiger partial charge in [0.05, 0.1) is 6.54 Å². The minimum Gasteiger partial charge on any atom is -0.334 e. The van der Waals surface area contributed by atoms with Crippen molar-refractivity contribution in [3.8, 4) is 0 Å². The van der Waals surface area contributed by atoms with E-state index in [9.17, 15) is 4.79 Å². The summed E-state index contributed by atoms with van der Waals surface area (Å²) in [4.78, 5) is 13.6. The highest BCUT2D eigenvalue weighted by atomic mass is 32.2. The van der Waals surface area contributed by atoms with Gasteiger partial charge in [-0.25, -0.2) is 0 Å². The van der Waals surface area contributed by atoms with Gasteiger partial charge in [-0.05, 0) is 23.5 Å². The first kappa shape index (κ1) is 14.6. The molecular formula is C14H25NOS. The van der Waals surface area contributed by atoms with Crippen molar-refractivity contribution in [2.24, 2.45) is 5.92 Å². The first-order chi connectivity index (χ1) is 8.15. The fourth-order valence-corrected chi connectivity index (χ4v) is 2.77. The zero-order valence-electron chi connectivity index (χ0n) is 11.4. The van der Waals surface area contributed by atoms with E-state index in [4.69, 9.17) is 0 Å². The van der Waals surface area contributed by atoms with Gasteiger partial charge in [-0.1, -0.05) is 40.0 Å². The molecule has 0 aromatic heterocycles. The van der Waals surface area contributed by atoms with Crippen LogP contribution in [0.5, 0.6) is 0 Å². The molecule has 1 heterocycles. The molecule has 0 aliphatic carbocycles. The molecule has 0 aromatic carbocycles. The second-order valence-electron chi connectivity index (χ2n) is 5.15. The van der Waals surface area contributed by atoms with E-state index in [-0.39, 0.29) is 5.91 Å². The lowest BCUT2D eigenvalue weighted by molar-refractivity contribution is -0.133. The Labute approximate surface area is 110 Å². The Morgan fingerprint density at radius 1 is 1.35 bits per heavy atom. The van der Waals surface area contributed by atoms with Gasteiger partial charge in [-0.15, -0.1) is 11.8 Å². The van der Waals surface area contributed by atoms with Crippen LogP contribution in [0.15, 0.2) is 11.0 Å². The van der Waals surface area contributed by atoms with Crippen LogP contribution < -0.4 is 0 Å². The SMILES string of the molecule is CCCCCCSC=C1CN(CC(C)C)C1=O. The molecule has 0 bridgehead atoms. The van der Waals surface area contributed by atoms with Crippen molar-refractivity contribution in [2.75, 3.05) is 18.8 Å². The minimum absolute atomic E-state index is 0.250. The molecule has 0 spiro atoms. The summed E-state index contributed by atoms with van der Waals surface area (Å²) in [5, 5.41) is 2.07. The molecule has 1 amide bonds. The Morgan fingerprint density at radius 2 is 2.12 bits per heavy atom. The Morgan fingerprint density at radius 3 is 2.71 bits per heavy atom. The molecule has 2 nitrogen and oxygen atoms in total. The third-order valence-electron chi connectivity index (χ3n) is 2.85. The topological polar surface area (TPSA) is 20.3 Å². The number of hydrogen-bond acceptors (Lipinski definition) is 2. The predicted molar refractivity (Wildman–Crippen MR) is 76.1 cm³/mol. The normalized spacial score (nSPS) is 18.0. The molecule has 1 fully saturated rings. The fraction of sp³-hybridized carbons (Fsp3) is 0.786. The van der Waals surface area contributed by atoms with Crippen molar-refractivity contribution in [1.82, 2.24) is 4.90 Å². The summed E-state index contributed by atoms with van der Waals surface area (Å²) in [6.07, 6.45) is 5.21. The molecule has 98 valence electrons. The number of rotatable bonds is 8. The highest BCUT2D eigenvalue weighted by Gasteiger charge is 2.30. The Hall–Kier alpha value is -0.440. The largest absolute Gasteiger partial charge is 0.334 e. The Kier molecular flexibility index (Phi) is 6.71. The van der Waals surface area contributed by atoms with Crippen molar-refractivity contribution in [3.63, 3.8) is 0 Å². The van der Waals surface area contributed by atoms with E-state index in [0.29, 0.717) is 5.92 Å². The molecule has 1 aliphatic heterocycles. The van der Waals surface area contributed by atoms with Gasteiger partial charge in [0.25, 0.3) is 5.91 Å². The van der Waals surface area contributed by atoms with Crippen LogP contribution >= 0.6 is 11.8 Å². The third-order valence-corrected chi connectivity index (χ3v) is 3.83. The number of β-lactam (4-membered cyclic amide) rings is 1. The predicted octanol–water partition coefficient (Wildman–Crippen LogP) is 3.68. The summed E-state index contributed by atoms with van der Waals surface area (Å²) in [5.41, 5.74) is 1.01. The van der Waals surface area contributed by atoms with Gasteiger partial charge in [-0.3, -0.25) is 4.79 Å². The van der Waals surface area contributed by atoms with Gasteiger partial charge in [-0.2, -0.15) is 0 Å². The molecule has 1 saturated heterocycles. The van der Waals surface area contributed by atoms with E-state index < -0.39 is 0 Å². The lowest BCUT2D eigenvalue weighted by Gasteiger charge is -2.34. The number of unbranched alkanes of at least 4 members (excludes halogenated alkanes) is 3. The van der Waals surface area contributed by atoms with Crippen LogP contribution in [0.25, 0.3) is 0 Å². The van der Waals surface area contributed by atoms with Crippen LogP contribution in [0.2, 0.25) is 0 Å². The Balaban J connectivity index is 2.10. The second kappa shape index (κ2) is 7.80. The van der Waals surface area contributed by atoms with Crippen LogP contribution in [0.1, 0.15) is 46.5 Å². The van der Waals surface area contributed by atoms with Gasteiger partial charge in [0.2, 0.25) is 0 Å². The van der Waals surface area contributed by atoms with Gasteiger partial charge in [0, 0.05) is 12.1 Å². The number of carbonyl (C=O) groups is 1. The summed E-state index contributed by atoms with van der Waals surface area (Å²) in [7, 11) is 0. The van der Waals surface area contributed by atoms with Crippen LogP contribution in [0, 0.1) is 5.92 Å². The number of amides is 1. The maximum absolute atomic E-state index is 11.7. The number of hydrogen-bond donors (Lipinski definition) is 0. The van der Waals surface area contributed by atoms with Crippen molar-refractivity contribution in [1.29, 1.82) is 0 Å². The third kappa shape index (κ3) is 5.15. The minimum atomic E-state index is 0.250. The van der Waals surface area contributed by atoms with E-state index >= 15 is 0 Å². The van der Waals surface area contributed by atoms with Crippen LogP contribution in [-0.2, 0) is 4.79 Å². The molecule has 0 radical (unpaired) electrons. The average molecular weight is 255 g/mol. The zero-order chi connectivity index (χ0) is 12.7. The molecule has 0 atom stereocenters.